The number of anilines is 1. The summed E-state index contributed by atoms with van der Waals surface area (Å²) in [6.07, 6.45) is 3.77. The Hall–Kier alpha value is -0.980. The van der Waals surface area contributed by atoms with E-state index in [2.05, 4.69) is 52.0 Å². The number of piperidine rings is 1. The van der Waals surface area contributed by atoms with Gasteiger partial charge in [-0.25, -0.2) is 0 Å². The number of rotatable bonds is 3. The van der Waals surface area contributed by atoms with Crippen LogP contribution in [0.25, 0.3) is 0 Å². The van der Waals surface area contributed by atoms with E-state index < -0.39 is 0 Å². The Morgan fingerprint density at radius 2 is 1.96 bits per heavy atom. The molecule has 2 fully saturated rings. The van der Waals surface area contributed by atoms with Crippen LogP contribution in [0.4, 0.5) is 5.69 Å². The van der Waals surface area contributed by atoms with Crippen molar-refractivity contribution in [1.82, 2.24) is 4.90 Å². The van der Waals surface area contributed by atoms with Crippen LogP contribution in [-0.4, -0.2) is 43.6 Å². The van der Waals surface area contributed by atoms with E-state index >= 15 is 0 Å². The van der Waals surface area contributed by atoms with E-state index in [0.717, 1.165) is 44.6 Å². The third-order valence-electron chi connectivity index (χ3n) is 4.90. The van der Waals surface area contributed by atoms with Gasteiger partial charge in [-0.05, 0) is 43.2 Å². The molecule has 0 aromatic heterocycles. The first-order chi connectivity index (χ1) is 10.7. The molecule has 2 heterocycles. The van der Waals surface area contributed by atoms with E-state index in [1.807, 2.05) is 0 Å². The second kappa shape index (κ2) is 8.76. The molecule has 2 N–H and O–H groups in total. The molecular formula is C18H29IN4. The summed E-state index contributed by atoms with van der Waals surface area (Å²) < 4.78 is 0. The van der Waals surface area contributed by atoms with E-state index in [9.17, 15) is 0 Å². The molecule has 2 atom stereocenters. The highest BCUT2D eigenvalue weighted by atomic mass is 127. The van der Waals surface area contributed by atoms with Crippen LogP contribution in [-0.2, 0) is 0 Å². The van der Waals surface area contributed by atoms with Crippen LogP contribution in [0.5, 0.6) is 0 Å². The average Bonchev–Trinajstić information content (AvgIpc) is 3.02. The number of halogens is 1. The topological polar surface area (TPSA) is 44.9 Å². The third-order valence-corrected chi connectivity index (χ3v) is 4.90. The summed E-state index contributed by atoms with van der Waals surface area (Å²) in [5.41, 5.74) is 7.52. The van der Waals surface area contributed by atoms with Crippen LogP contribution < -0.4 is 10.6 Å². The molecule has 5 heteroatoms. The highest BCUT2D eigenvalue weighted by molar-refractivity contribution is 14.0. The minimum absolute atomic E-state index is 0. The molecule has 0 saturated carbocycles. The molecule has 0 amide bonds. The highest BCUT2D eigenvalue weighted by Crippen LogP contribution is 2.23. The Morgan fingerprint density at radius 3 is 2.70 bits per heavy atom. The summed E-state index contributed by atoms with van der Waals surface area (Å²) in [6, 6.07) is 10.7. The van der Waals surface area contributed by atoms with E-state index in [0.29, 0.717) is 5.92 Å². The van der Waals surface area contributed by atoms with Crippen molar-refractivity contribution in [2.75, 3.05) is 37.6 Å². The predicted molar refractivity (Wildman–Crippen MR) is 109 cm³/mol. The standard InChI is InChI=1S/C18H28N4.HI/c1-15-6-5-10-22(13-15)18(19)20-12-16-9-11-21(14-16)17-7-3-2-4-8-17;/h2-4,7-8,15-16H,5-6,9-14H2,1H3,(H2,19,20);1H. The zero-order chi connectivity index (χ0) is 15.4. The van der Waals surface area contributed by atoms with Gasteiger partial charge in [0.2, 0.25) is 0 Å². The number of guanidine groups is 1. The maximum absolute atomic E-state index is 6.20. The fourth-order valence-electron chi connectivity index (χ4n) is 3.58. The summed E-state index contributed by atoms with van der Waals surface area (Å²) in [6.45, 7) is 7.52. The first kappa shape index (κ1) is 18.4. The molecule has 2 saturated heterocycles. The molecule has 1 aromatic carbocycles. The van der Waals surface area contributed by atoms with E-state index in [-0.39, 0.29) is 24.0 Å². The lowest BCUT2D eigenvalue weighted by Gasteiger charge is -2.31. The lowest BCUT2D eigenvalue weighted by Crippen LogP contribution is -2.43. The number of hydrogen-bond acceptors (Lipinski definition) is 2. The predicted octanol–water partition coefficient (Wildman–Crippen LogP) is 3.18. The number of likely N-dealkylation sites (tertiary alicyclic amines) is 1. The van der Waals surface area contributed by atoms with Crippen LogP contribution in [0, 0.1) is 11.8 Å². The highest BCUT2D eigenvalue weighted by Gasteiger charge is 2.23. The molecule has 0 aliphatic carbocycles. The largest absolute Gasteiger partial charge is 0.371 e. The van der Waals surface area contributed by atoms with Crippen LogP contribution in [0.1, 0.15) is 26.2 Å². The Labute approximate surface area is 157 Å². The van der Waals surface area contributed by atoms with Crippen LogP contribution in [0.15, 0.2) is 35.3 Å². The molecule has 2 aliphatic heterocycles. The van der Waals surface area contributed by atoms with Crippen molar-refractivity contribution in [3.8, 4) is 0 Å². The van der Waals surface area contributed by atoms with Gasteiger partial charge in [-0.1, -0.05) is 25.1 Å². The van der Waals surface area contributed by atoms with Crippen molar-refractivity contribution in [3.63, 3.8) is 0 Å². The van der Waals surface area contributed by atoms with Gasteiger partial charge >= 0.3 is 0 Å². The summed E-state index contributed by atoms with van der Waals surface area (Å²) in [7, 11) is 0. The van der Waals surface area contributed by atoms with Crippen molar-refractivity contribution in [2.45, 2.75) is 26.2 Å². The first-order valence-electron chi connectivity index (χ1n) is 8.57. The number of hydrogen-bond donors (Lipinski definition) is 1. The second-order valence-corrected chi connectivity index (χ2v) is 6.83. The summed E-state index contributed by atoms with van der Waals surface area (Å²) in [5, 5.41) is 0. The van der Waals surface area contributed by atoms with Crippen molar-refractivity contribution in [3.05, 3.63) is 30.3 Å². The molecule has 0 bridgehead atoms. The Morgan fingerprint density at radius 1 is 1.17 bits per heavy atom. The van der Waals surface area contributed by atoms with Gasteiger partial charge in [0.05, 0.1) is 0 Å². The Balaban J connectivity index is 0.00000192. The zero-order valence-electron chi connectivity index (χ0n) is 14.0. The maximum atomic E-state index is 6.20. The minimum Gasteiger partial charge on any atom is -0.371 e. The van der Waals surface area contributed by atoms with Crippen LogP contribution in [0.3, 0.4) is 0 Å². The van der Waals surface area contributed by atoms with Gasteiger partial charge < -0.3 is 15.5 Å². The van der Waals surface area contributed by atoms with Gasteiger partial charge in [0.1, 0.15) is 0 Å². The fraction of sp³-hybridized carbons (Fsp3) is 0.611. The van der Waals surface area contributed by atoms with E-state index in [1.165, 1.54) is 24.9 Å². The van der Waals surface area contributed by atoms with Gasteiger partial charge in [-0.15, -0.1) is 24.0 Å². The monoisotopic (exact) mass is 428 g/mol. The number of nitrogens with zero attached hydrogens (tertiary/aromatic N) is 3. The van der Waals surface area contributed by atoms with E-state index in [4.69, 9.17) is 5.73 Å². The summed E-state index contributed by atoms with van der Waals surface area (Å²) >= 11 is 0. The van der Waals surface area contributed by atoms with Crippen LogP contribution >= 0.6 is 24.0 Å². The van der Waals surface area contributed by atoms with Gasteiger partial charge in [0.25, 0.3) is 0 Å². The molecule has 2 unspecified atom stereocenters. The smallest absolute Gasteiger partial charge is 0.191 e. The maximum Gasteiger partial charge on any atom is 0.191 e. The van der Waals surface area contributed by atoms with Gasteiger partial charge in [0.15, 0.2) is 5.96 Å². The average molecular weight is 428 g/mol. The Bertz CT molecular complexity index is 505. The number of benzene rings is 1. The van der Waals surface area contributed by atoms with Crippen molar-refractivity contribution in [1.29, 1.82) is 0 Å². The molecule has 4 nitrogen and oxygen atoms in total. The van der Waals surface area contributed by atoms with Gasteiger partial charge in [0, 0.05) is 38.4 Å². The fourth-order valence-corrected chi connectivity index (χ4v) is 3.58. The van der Waals surface area contributed by atoms with E-state index in [1.54, 1.807) is 0 Å². The van der Waals surface area contributed by atoms with Crippen LogP contribution in [0.2, 0.25) is 0 Å². The lowest BCUT2D eigenvalue weighted by molar-refractivity contribution is 0.270. The molecule has 0 radical (unpaired) electrons. The second-order valence-electron chi connectivity index (χ2n) is 6.83. The normalized spacial score (nSPS) is 25.3. The van der Waals surface area contributed by atoms with Gasteiger partial charge in [-0.2, -0.15) is 0 Å². The molecule has 128 valence electrons. The molecule has 0 spiro atoms. The SMILES string of the molecule is CC1CCCN(C(N)=NCC2CCN(c3ccccc3)C2)C1.I. The Kier molecular flexibility index (Phi) is 6.99. The van der Waals surface area contributed by atoms with Crippen molar-refractivity contribution < 1.29 is 0 Å². The number of aliphatic imine (C=N–C) groups is 1. The quantitative estimate of drug-likeness (QED) is 0.457. The molecule has 2 aliphatic rings. The molecule has 1 aromatic rings. The molecule has 3 rings (SSSR count). The minimum atomic E-state index is 0. The summed E-state index contributed by atoms with van der Waals surface area (Å²) in [4.78, 5) is 9.41. The zero-order valence-corrected chi connectivity index (χ0v) is 16.4. The first-order valence-corrected chi connectivity index (χ1v) is 8.57. The third kappa shape index (κ3) is 4.99. The molecule has 23 heavy (non-hydrogen) atoms. The number of nitrogens with two attached hydrogens (primary N) is 1. The number of para-hydroxylation sites is 1. The molecular weight excluding hydrogens is 399 g/mol. The van der Waals surface area contributed by atoms with Crippen molar-refractivity contribution in [2.24, 2.45) is 22.6 Å². The summed E-state index contributed by atoms with van der Waals surface area (Å²) in [5.74, 6) is 2.12. The lowest BCUT2D eigenvalue weighted by atomic mass is 10.0. The van der Waals surface area contributed by atoms with Gasteiger partial charge in [-0.3, -0.25) is 4.99 Å². The van der Waals surface area contributed by atoms with Crippen molar-refractivity contribution >= 4 is 35.6 Å².